The van der Waals surface area contributed by atoms with Crippen LogP contribution in [-0.2, 0) is 4.74 Å². The number of rotatable bonds is 6. The van der Waals surface area contributed by atoms with Crippen LogP contribution in [0.5, 0.6) is 0 Å². The Kier molecular flexibility index (Phi) is 6.79. The summed E-state index contributed by atoms with van der Waals surface area (Å²) in [6, 6.07) is 6.95. The summed E-state index contributed by atoms with van der Waals surface area (Å²) in [4.78, 5) is 25.0. The van der Waals surface area contributed by atoms with Crippen molar-refractivity contribution < 1.29 is 14.5 Å². The Morgan fingerprint density at radius 3 is 2.62 bits per heavy atom. The highest BCUT2D eigenvalue weighted by Gasteiger charge is 2.26. The van der Waals surface area contributed by atoms with Gasteiger partial charge in [-0.25, -0.2) is 4.79 Å². The summed E-state index contributed by atoms with van der Waals surface area (Å²) in [6.45, 7) is 8.01. The summed E-state index contributed by atoms with van der Waals surface area (Å²) < 4.78 is 5.25. The van der Waals surface area contributed by atoms with Crippen LogP contribution in [0.1, 0.15) is 33.6 Å². The van der Waals surface area contributed by atoms with E-state index in [0.717, 1.165) is 25.9 Å². The second-order valence-corrected chi connectivity index (χ2v) is 7.35. The zero-order valence-corrected chi connectivity index (χ0v) is 15.7. The maximum atomic E-state index is 11.9. The number of nitro benzene ring substituents is 1. The van der Waals surface area contributed by atoms with E-state index >= 15 is 0 Å². The molecular weight excluding hydrogens is 336 g/mol. The molecule has 2 rings (SSSR count). The average Bonchev–Trinajstić information content (AvgIpc) is 2.58. The monoisotopic (exact) mass is 364 g/mol. The maximum absolute atomic E-state index is 11.9. The van der Waals surface area contributed by atoms with Crippen molar-refractivity contribution >= 4 is 17.5 Å². The molecule has 0 bridgehead atoms. The molecule has 1 aromatic rings. The van der Waals surface area contributed by atoms with Gasteiger partial charge in [-0.15, -0.1) is 0 Å². The van der Waals surface area contributed by atoms with Crippen LogP contribution >= 0.6 is 0 Å². The molecule has 1 amide bonds. The number of hydrogen-bond acceptors (Lipinski definition) is 6. The summed E-state index contributed by atoms with van der Waals surface area (Å²) in [7, 11) is 0. The normalized spacial score (nSPS) is 15.3. The zero-order chi connectivity index (χ0) is 19.2. The van der Waals surface area contributed by atoms with Crippen molar-refractivity contribution in [3.63, 3.8) is 0 Å². The molecule has 0 aliphatic carbocycles. The molecule has 0 atom stereocenters. The molecular formula is C18H28N4O4. The van der Waals surface area contributed by atoms with Gasteiger partial charge in [-0.3, -0.25) is 10.1 Å². The average molecular weight is 364 g/mol. The van der Waals surface area contributed by atoms with E-state index in [1.807, 2.05) is 4.90 Å². The fourth-order valence-electron chi connectivity index (χ4n) is 3.07. The third-order valence-corrected chi connectivity index (χ3v) is 4.16. The van der Waals surface area contributed by atoms with Crippen LogP contribution in [0.15, 0.2) is 24.3 Å². The molecule has 0 saturated carbocycles. The SMILES string of the molecule is CC(C)(C)OC(=O)NCCN(c1ccccc1[N+](=O)[O-])C1CCNCC1. The molecule has 1 fully saturated rings. The first-order valence-electron chi connectivity index (χ1n) is 8.95. The number of benzene rings is 1. The van der Waals surface area contributed by atoms with Crippen LogP contribution < -0.4 is 15.5 Å². The molecule has 8 heteroatoms. The fraction of sp³-hybridized carbons (Fsp3) is 0.611. The summed E-state index contributed by atoms with van der Waals surface area (Å²) in [5.41, 5.74) is 0.121. The Labute approximate surface area is 154 Å². The first-order chi connectivity index (χ1) is 12.3. The van der Waals surface area contributed by atoms with Crippen molar-refractivity contribution in [2.75, 3.05) is 31.1 Å². The molecule has 1 aliphatic heterocycles. The Bertz CT molecular complexity index is 624. The fourth-order valence-corrected chi connectivity index (χ4v) is 3.07. The van der Waals surface area contributed by atoms with E-state index < -0.39 is 11.7 Å². The number of nitrogens with one attached hydrogen (secondary N) is 2. The van der Waals surface area contributed by atoms with Crippen LogP contribution in [0.3, 0.4) is 0 Å². The van der Waals surface area contributed by atoms with Gasteiger partial charge in [-0.05, 0) is 52.8 Å². The number of carbonyl (C=O) groups is 1. The lowest BCUT2D eigenvalue weighted by Gasteiger charge is -2.36. The first kappa shape index (κ1) is 20.0. The van der Waals surface area contributed by atoms with E-state index in [1.54, 1.807) is 39.0 Å². The third-order valence-electron chi connectivity index (χ3n) is 4.16. The molecule has 144 valence electrons. The molecule has 8 nitrogen and oxygen atoms in total. The van der Waals surface area contributed by atoms with Gasteiger partial charge >= 0.3 is 6.09 Å². The highest BCUT2D eigenvalue weighted by Crippen LogP contribution is 2.30. The van der Waals surface area contributed by atoms with Crippen LogP contribution in [-0.4, -0.2) is 48.8 Å². The number of nitrogens with zero attached hydrogens (tertiary/aromatic N) is 2. The lowest BCUT2D eigenvalue weighted by molar-refractivity contribution is -0.384. The van der Waals surface area contributed by atoms with Gasteiger partial charge in [0.05, 0.1) is 4.92 Å². The van der Waals surface area contributed by atoms with Gasteiger partial charge in [0.15, 0.2) is 0 Å². The van der Waals surface area contributed by atoms with Crippen molar-refractivity contribution in [3.8, 4) is 0 Å². The molecule has 1 aromatic carbocycles. The van der Waals surface area contributed by atoms with Gasteiger partial charge in [0.1, 0.15) is 11.3 Å². The summed E-state index contributed by atoms with van der Waals surface area (Å²) in [5, 5.41) is 17.5. The van der Waals surface area contributed by atoms with E-state index in [2.05, 4.69) is 10.6 Å². The van der Waals surface area contributed by atoms with E-state index in [9.17, 15) is 14.9 Å². The molecule has 1 saturated heterocycles. The number of piperidine rings is 1. The van der Waals surface area contributed by atoms with Crippen molar-refractivity contribution in [2.24, 2.45) is 0 Å². The predicted octanol–water partition coefficient (Wildman–Crippen LogP) is 2.68. The number of ether oxygens (including phenoxy) is 1. The van der Waals surface area contributed by atoms with Gasteiger partial charge in [0.25, 0.3) is 5.69 Å². The lowest BCUT2D eigenvalue weighted by atomic mass is 10.0. The zero-order valence-electron chi connectivity index (χ0n) is 15.7. The highest BCUT2D eigenvalue weighted by atomic mass is 16.6. The number of amides is 1. The Morgan fingerprint density at radius 2 is 2.00 bits per heavy atom. The van der Waals surface area contributed by atoms with Crippen LogP contribution in [0.2, 0.25) is 0 Å². The number of para-hydroxylation sites is 2. The molecule has 1 aliphatic rings. The van der Waals surface area contributed by atoms with Crippen LogP contribution in [0.4, 0.5) is 16.2 Å². The number of hydrogen-bond donors (Lipinski definition) is 2. The molecule has 2 N–H and O–H groups in total. The smallest absolute Gasteiger partial charge is 0.407 e. The van der Waals surface area contributed by atoms with Gasteiger partial charge in [-0.2, -0.15) is 0 Å². The number of carbonyl (C=O) groups excluding carboxylic acids is 1. The molecule has 26 heavy (non-hydrogen) atoms. The van der Waals surface area contributed by atoms with E-state index in [1.165, 1.54) is 6.07 Å². The van der Waals surface area contributed by atoms with Crippen molar-refractivity contribution in [3.05, 3.63) is 34.4 Å². The third kappa shape index (κ3) is 5.87. The largest absolute Gasteiger partial charge is 0.444 e. The highest BCUT2D eigenvalue weighted by molar-refractivity contribution is 5.68. The van der Waals surface area contributed by atoms with Gasteiger partial charge < -0.3 is 20.3 Å². The van der Waals surface area contributed by atoms with Gasteiger partial charge in [-0.1, -0.05) is 12.1 Å². The lowest BCUT2D eigenvalue weighted by Crippen LogP contribution is -2.46. The van der Waals surface area contributed by atoms with Crippen molar-refractivity contribution in [1.82, 2.24) is 10.6 Å². The van der Waals surface area contributed by atoms with Crippen molar-refractivity contribution in [2.45, 2.75) is 45.3 Å². The standard InChI is InChI=1S/C18H28N4O4/c1-18(2,3)26-17(23)20-12-13-21(14-8-10-19-11-9-14)15-6-4-5-7-16(15)22(24)25/h4-7,14,19H,8-13H2,1-3H3,(H,20,23). The molecule has 0 unspecified atom stereocenters. The number of alkyl carbamates (subject to hydrolysis) is 1. The minimum Gasteiger partial charge on any atom is -0.444 e. The second-order valence-electron chi connectivity index (χ2n) is 7.35. The second kappa shape index (κ2) is 8.84. The Balaban J connectivity index is 2.10. The summed E-state index contributed by atoms with van der Waals surface area (Å²) >= 11 is 0. The maximum Gasteiger partial charge on any atom is 0.407 e. The van der Waals surface area contributed by atoms with Crippen LogP contribution in [0.25, 0.3) is 0 Å². The van der Waals surface area contributed by atoms with Gasteiger partial charge in [0, 0.05) is 25.2 Å². The first-order valence-corrected chi connectivity index (χ1v) is 8.95. The van der Waals surface area contributed by atoms with Crippen LogP contribution in [0, 0.1) is 10.1 Å². The van der Waals surface area contributed by atoms with E-state index in [-0.39, 0.29) is 16.7 Å². The number of nitro groups is 1. The number of anilines is 1. The molecule has 1 heterocycles. The predicted molar refractivity (Wildman–Crippen MR) is 101 cm³/mol. The van der Waals surface area contributed by atoms with Gasteiger partial charge in [0.2, 0.25) is 0 Å². The Morgan fingerprint density at radius 1 is 1.35 bits per heavy atom. The van der Waals surface area contributed by atoms with E-state index in [0.29, 0.717) is 18.8 Å². The minimum absolute atomic E-state index is 0.0864. The quantitative estimate of drug-likeness (QED) is 0.595. The molecule has 0 radical (unpaired) electrons. The van der Waals surface area contributed by atoms with Crippen molar-refractivity contribution in [1.29, 1.82) is 0 Å². The Hall–Kier alpha value is -2.35. The summed E-state index contributed by atoms with van der Waals surface area (Å²) in [5.74, 6) is 0. The van der Waals surface area contributed by atoms with E-state index in [4.69, 9.17) is 4.74 Å². The minimum atomic E-state index is -0.559. The molecule has 0 aromatic heterocycles. The topological polar surface area (TPSA) is 96.7 Å². The molecule has 0 spiro atoms. The summed E-state index contributed by atoms with van der Waals surface area (Å²) in [6.07, 6.45) is 1.32.